The second-order valence-electron chi connectivity index (χ2n) is 5.89. The number of nitrogens with zero attached hydrogens (tertiary/aromatic N) is 3. The molecule has 0 saturated heterocycles. The number of aromatic nitrogens is 3. The highest BCUT2D eigenvalue weighted by Crippen LogP contribution is 2.23. The largest absolute Gasteiger partial charge is 0.481 e. The van der Waals surface area contributed by atoms with Crippen LogP contribution in [0.4, 0.5) is 0 Å². The molecule has 1 aromatic carbocycles. The molecule has 1 heterocycles. The highest BCUT2D eigenvalue weighted by Gasteiger charge is 2.19. The van der Waals surface area contributed by atoms with Crippen molar-refractivity contribution in [1.29, 1.82) is 0 Å². The molecule has 0 saturated carbocycles. The van der Waals surface area contributed by atoms with E-state index in [1.807, 2.05) is 48.9 Å². The Labute approximate surface area is 161 Å². The normalized spacial score (nSPS) is 12.2. The molecule has 0 aliphatic heterocycles. The lowest BCUT2D eigenvalue weighted by molar-refractivity contribution is -0.137. The zero-order chi connectivity index (χ0) is 19.1. The maximum absolute atomic E-state index is 12.3. The summed E-state index contributed by atoms with van der Waals surface area (Å²) in [7, 11) is 0. The van der Waals surface area contributed by atoms with E-state index in [9.17, 15) is 9.59 Å². The minimum Gasteiger partial charge on any atom is -0.481 e. The van der Waals surface area contributed by atoms with E-state index in [0.717, 1.165) is 10.5 Å². The van der Waals surface area contributed by atoms with Gasteiger partial charge in [0.15, 0.2) is 5.16 Å². The fourth-order valence-electron chi connectivity index (χ4n) is 2.32. The SMILES string of the molecule is CSc1ccc([C@@H](CC(=O)O)NC(=O)CSc2nncn2C(C)C)cc1. The second-order valence-corrected chi connectivity index (χ2v) is 7.72. The summed E-state index contributed by atoms with van der Waals surface area (Å²) in [5, 5.41) is 20.5. The molecule has 0 unspecified atom stereocenters. The summed E-state index contributed by atoms with van der Waals surface area (Å²) in [6.07, 6.45) is 3.43. The van der Waals surface area contributed by atoms with Gasteiger partial charge in [0.2, 0.25) is 5.91 Å². The molecule has 26 heavy (non-hydrogen) atoms. The van der Waals surface area contributed by atoms with Crippen molar-refractivity contribution in [2.45, 2.75) is 42.4 Å². The zero-order valence-electron chi connectivity index (χ0n) is 14.9. The molecule has 1 aromatic heterocycles. The first-order valence-electron chi connectivity index (χ1n) is 8.08. The van der Waals surface area contributed by atoms with E-state index in [1.54, 1.807) is 18.1 Å². The molecule has 0 fully saturated rings. The van der Waals surface area contributed by atoms with E-state index in [1.165, 1.54) is 11.8 Å². The molecule has 0 aliphatic carbocycles. The Morgan fingerprint density at radius 2 is 1.96 bits per heavy atom. The number of aliphatic carboxylic acids is 1. The van der Waals surface area contributed by atoms with E-state index in [4.69, 9.17) is 5.11 Å². The number of nitrogens with one attached hydrogen (secondary N) is 1. The van der Waals surface area contributed by atoms with Crippen molar-refractivity contribution in [3.63, 3.8) is 0 Å². The summed E-state index contributed by atoms with van der Waals surface area (Å²) in [6, 6.07) is 7.16. The van der Waals surface area contributed by atoms with Gasteiger partial charge in [0.25, 0.3) is 0 Å². The van der Waals surface area contributed by atoms with Crippen LogP contribution in [-0.2, 0) is 9.59 Å². The molecular weight excluding hydrogens is 372 g/mol. The van der Waals surface area contributed by atoms with Crippen molar-refractivity contribution in [3.05, 3.63) is 36.2 Å². The number of carbonyl (C=O) groups is 2. The van der Waals surface area contributed by atoms with Crippen molar-refractivity contribution in [3.8, 4) is 0 Å². The molecule has 2 N–H and O–H groups in total. The van der Waals surface area contributed by atoms with Crippen LogP contribution in [0.2, 0.25) is 0 Å². The van der Waals surface area contributed by atoms with Crippen LogP contribution in [0.25, 0.3) is 0 Å². The van der Waals surface area contributed by atoms with Crippen molar-refractivity contribution in [1.82, 2.24) is 20.1 Å². The quantitative estimate of drug-likeness (QED) is 0.631. The number of carbonyl (C=O) groups excluding carboxylic acids is 1. The zero-order valence-corrected chi connectivity index (χ0v) is 16.5. The lowest BCUT2D eigenvalue weighted by Crippen LogP contribution is -2.31. The first-order chi connectivity index (χ1) is 12.4. The maximum Gasteiger partial charge on any atom is 0.305 e. The summed E-state index contributed by atoms with van der Waals surface area (Å²) in [4.78, 5) is 24.6. The van der Waals surface area contributed by atoms with Crippen molar-refractivity contribution >= 4 is 35.4 Å². The van der Waals surface area contributed by atoms with Crippen molar-refractivity contribution < 1.29 is 14.7 Å². The Morgan fingerprint density at radius 3 is 2.54 bits per heavy atom. The summed E-state index contributed by atoms with van der Waals surface area (Å²) >= 11 is 2.88. The molecule has 2 rings (SSSR count). The van der Waals surface area contributed by atoms with Crippen LogP contribution < -0.4 is 5.32 Å². The van der Waals surface area contributed by atoms with Gasteiger partial charge in [-0.25, -0.2) is 0 Å². The fraction of sp³-hybridized carbons (Fsp3) is 0.412. The van der Waals surface area contributed by atoms with Crippen LogP contribution in [0.1, 0.15) is 37.9 Å². The van der Waals surface area contributed by atoms with Crippen LogP contribution in [0.3, 0.4) is 0 Å². The third-order valence-corrected chi connectivity index (χ3v) is 5.36. The van der Waals surface area contributed by atoms with Crippen molar-refractivity contribution in [2.75, 3.05) is 12.0 Å². The molecule has 140 valence electrons. The van der Waals surface area contributed by atoms with Gasteiger partial charge in [-0.05, 0) is 37.8 Å². The number of carboxylic acids is 1. The lowest BCUT2D eigenvalue weighted by atomic mass is 10.0. The van der Waals surface area contributed by atoms with E-state index in [2.05, 4.69) is 15.5 Å². The molecule has 9 heteroatoms. The molecule has 1 amide bonds. The number of carboxylic acid groups (broad SMARTS) is 1. The smallest absolute Gasteiger partial charge is 0.305 e. The third kappa shape index (κ3) is 5.77. The maximum atomic E-state index is 12.3. The van der Waals surface area contributed by atoms with Crippen molar-refractivity contribution in [2.24, 2.45) is 0 Å². The Kier molecular flexibility index (Phi) is 7.52. The molecule has 0 spiro atoms. The second kappa shape index (κ2) is 9.63. The first kappa shape index (κ1) is 20.3. The Bertz CT molecular complexity index is 747. The molecule has 7 nitrogen and oxygen atoms in total. The molecular formula is C17H22N4O3S2. The Morgan fingerprint density at radius 1 is 1.27 bits per heavy atom. The van der Waals surface area contributed by atoms with E-state index >= 15 is 0 Å². The lowest BCUT2D eigenvalue weighted by Gasteiger charge is -2.18. The highest BCUT2D eigenvalue weighted by atomic mass is 32.2. The third-order valence-electron chi connectivity index (χ3n) is 3.66. The monoisotopic (exact) mass is 394 g/mol. The number of rotatable bonds is 9. The first-order valence-corrected chi connectivity index (χ1v) is 10.3. The minimum absolute atomic E-state index is 0.143. The van der Waals surface area contributed by atoms with Crippen LogP contribution in [0.5, 0.6) is 0 Å². The number of hydrogen-bond acceptors (Lipinski definition) is 6. The minimum atomic E-state index is -0.962. The predicted molar refractivity (Wildman–Crippen MR) is 102 cm³/mol. The predicted octanol–water partition coefficient (Wildman–Crippen LogP) is 3.01. The van der Waals surface area contributed by atoms with Gasteiger partial charge in [-0.2, -0.15) is 0 Å². The van der Waals surface area contributed by atoms with Gasteiger partial charge in [-0.3, -0.25) is 9.59 Å². The Balaban J connectivity index is 2.01. The van der Waals surface area contributed by atoms with Crippen LogP contribution in [0, 0.1) is 0 Å². The fourth-order valence-corrected chi connectivity index (χ4v) is 3.58. The van der Waals surface area contributed by atoms with E-state index in [-0.39, 0.29) is 24.1 Å². The number of amides is 1. The topological polar surface area (TPSA) is 97.1 Å². The number of thioether (sulfide) groups is 2. The number of hydrogen-bond donors (Lipinski definition) is 2. The van der Waals surface area contributed by atoms with Gasteiger partial charge in [0.05, 0.1) is 18.2 Å². The summed E-state index contributed by atoms with van der Waals surface area (Å²) in [5.74, 6) is -1.06. The molecule has 0 aliphatic rings. The molecule has 0 radical (unpaired) electrons. The van der Waals surface area contributed by atoms with Gasteiger partial charge >= 0.3 is 5.97 Å². The van der Waals surface area contributed by atoms with Gasteiger partial charge in [0, 0.05) is 10.9 Å². The highest BCUT2D eigenvalue weighted by molar-refractivity contribution is 7.99. The van der Waals surface area contributed by atoms with Gasteiger partial charge in [-0.1, -0.05) is 23.9 Å². The van der Waals surface area contributed by atoms with Gasteiger partial charge in [0.1, 0.15) is 6.33 Å². The summed E-state index contributed by atoms with van der Waals surface area (Å²) in [6.45, 7) is 4.02. The average molecular weight is 395 g/mol. The van der Waals surface area contributed by atoms with Gasteiger partial charge < -0.3 is 15.0 Å². The van der Waals surface area contributed by atoms with Crippen LogP contribution in [0.15, 0.2) is 40.6 Å². The summed E-state index contributed by atoms with van der Waals surface area (Å²) < 4.78 is 1.88. The summed E-state index contributed by atoms with van der Waals surface area (Å²) in [5.41, 5.74) is 0.772. The standard InChI is InChI=1S/C17H22N4O3S2/c1-11(2)21-10-18-20-17(21)26-9-15(22)19-14(8-16(23)24)12-4-6-13(25-3)7-5-12/h4-7,10-11,14H,8-9H2,1-3H3,(H,19,22)(H,23,24)/t14-/m1/s1. The molecule has 0 bridgehead atoms. The van der Waals surface area contributed by atoms with Crippen LogP contribution >= 0.6 is 23.5 Å². The molecule has 2 aromatic rings. The van der Waals surface area contributed by atoms with Crippen LogP contribution in [-0.4, -0.2) is 43.8 Å². The number of benzene rings is 1. The van der Waals surface area contributed by atoms with Gasteiger partial charge in [-0.15, -0.1) is 22.0 Å². The Hall–Kier alpha value is -2.00. The van der Waals surface area contributed by atoms with E-state index in [0.29, 0.717) is 5.16 Å². The molecule has 1 atom stereocenters. The van der Waals surface area contributed by atoms with E-state index < -0.39 is 12.0 Å². The average Bonchev–Trinajstić information content (AvgIpc) is 3.08.